The SMILES string of the molecule is CC[C@H]1OC(=O)/C=C(\O)[C@H](C)[C@@H](O[C@@H]2O[C@H](C)[C@@H](O)[C@H](N(C)C)[C@H]2O)[C@@H](CC=O)C[C@@H](C)C(=O)/C=C/C(C)=C/[C@@H]1CO[C@@H]1O[C@H](C)[C@@H](O)[C@@H](OC=O)[C@H]1O. The summed E-state index contributed by atoms with van der Waals surface area (Å²) in [5.74, 6) is -4.57. The van der Waals surface area contributed by atoms with Gasteiger partial charge in [-0.3, -0.25) is 9.59 Å². The Morgan fingerprint density at radius 1 is 0.907 bits per heavy atom. The number of aliphatic hydroxyl groups is 5. The van der Waals surface area contributed by atoms with Gasteiger partial charge in [-0.15, -0.1) is 0 Å². The van der Waals surface area contributed by atoms with Crippen molar-refractivity contribution in [3.05, 3.63) is 35.6 Å². The van der Waals surface area contributed by atoms with Gasteiger partial charge in [-0.2, -0.15) is 0 Å². The molecule has 2 fully saturated rings. The van der Waals surface area contributed by atoms with E-state index in [2.05, 4.69) is 0 Å². The maximum Gasteiger partial charge on any atom is 0.334 e. The Kier molecular flexibility index (Phi) is 17.4. The number of hydrogen-bond donors (Lipinski definition) is 5. The lowest BCUT2D eigenvalue weighted by Crippen LogP contribution is -2.63. The first-order chi connectivity index (χ1) is 25.4. The fourth-order valence-electron chi connectivity index (χ4n) is 7.26. The third kappa shape index (κ3) is 11.5. The van der Waals surface area contributed by atoms with Crippen LogP contribution in [0.4, 0.5) is 0 Å². The van der Waals surface area contributed by atoms with Crippen molar-refractivity contribution in [3.63, 3.8) is 0 Å². The first kappa shape index (κ1) is 45.3. The number of rotatable bonds is 11. The summed E-state index contributed by atoms with van der Waals surface area (Å²) in [6, 6.07) is -0.775. The average Bonchev–Trinajstić information content (AvgIpc) is 3.11. The van der Waals surface area contributed by atoms with Crippen LogP contribution >= 0.6 is 0 Å². The fourth-order valence-corrected chi connectivity index (χ4v) is 7.26. The van der Waals surface area contributed by atoms with Crippen LogP contribution in [0.2, 0.25) is 0 Å². The van der Waals surface area contributed by atoms with Crippen LogP contribution in [0.15, 0.2) is 35.6 Å². The normalized spacial score (nSPS) is 42.9. The van der Waals surface area contributed by atoms with Gasteiger partial charge in [-0.05, 0) is 59.7 Å². The van der Waals surface area contributed by atoms with E-state index in [1.54, 1.807) is 65.8 Å². The lowest BCUT2D eigenvalue weighted by molar-refractivity contribution is -0.301. The van der Waals surface area contributed by atoms with Crippen molar-refractivity contribution in [3.8, 4) is 0 Å². The zero-order valence-corrected chi connectivity index (χ0v) is 32.3. The van der Waals surface area contributed by atoms with Crippen LogP contribution in [0, 0.1) is 23.7 Å². The first-order valence-electron chi connectivity index (χ1n) is 18.5. The summed E-state index contributed by atoms with van der Waals surface area (Å²) in [7, 11) is 3.38. The quantitative estimate of drug-likeness (QED) is 0.147. The van der Waals surface area contributed by atoms with Gasteiger partial charge < -0.3 is 63.6 Å². The summed E-state index contributed by atoms with van der Waals surface area (Å²) < 4.78 is 34.5. The molecule has 0 aliphatic carbocycles. The van der Waals surface area contributed by atoms with Gasteiger partial charge >= 0.3 is 5.97 Å². The third-order valence-corrected chi connectivity index (χ3v) is 10.5. The van der Waals surface area contributed by atoms with Gasteiger partial charge in [0.25, 0.3) is 6.47 Å². The molecule has 3 aliphatic rings. The number of likely N-dealkylation sites (N-methyl/N-ethyl adjacent to an activating group) is 1. The molecule has 0 radical (unpaired) electrons. The van der Waals surface area contributed by atoms with Gasteiger partial charge in [-0.25, -0.2) is 4.79 Å². The van der Waals surface area contributed by atoms with E-state index < -0.39 is 109 Å². The van der Waals surface area contributed by atoms with Crippen LogP contribution in [0.3, 0.4) is 0 Å². The van der Waals surface area contributed by atoms with E-state index in [9.17, 15) is 44.7 Å². The number of nitrogens with zero attached hydrogens (tertiary/aromatic N) is 1. The van der Waals surface area contributed by atoms with Crippen LogP contribution in [-0.4, -0.2) is 149 Å². The molecule has 2 saturated heterocycles. The van der Waals surface area contributed by atoms with Crippen molar-refractivity contribution in [2.24, 2.45) is 23.7 Å². The second kappa shape index (κ2) is 20.7. The van der Waals surface area contributed by atoms with Crippen LogP contribution in [-0.2, 0) is 47.6 Å². The number of ether oxygens (including phenoxy) is 6. The molecule has 0 aromatic rings. The molecule has 0 aromatic heterocycles. The number of esters is 1. The molecule has 3 heterocycles. The molecule has 16 atom stereocenters. The van der Waals surface area contributed by atoms with Gasteiger partial charge in [0.05, 0.1) is 43.1 Å². The second-order valence-corrected chi connectivity index (χ2v) is 14.8. The Morgan fingerprint density at radius 3 is 2.17 bits per heavy atom. The lowest BCUT2D eigenvalue weighted by Gasteiger charge is -2.46. The van der Waals surface area contributed by atoms with Gasteiger partial charge in [0.15, 0.2) is 24.5 Å². The van der Waals surface area contributed by atoms with Crippen molar-refractivity contribution in [1.29, 1.82) is 0 Å². The molecule has 0 unspecified atom stereocenters. The van der Waals surface area contributed by atoms with Gasteiger partial charge in [0, 0.05) is 24.2 Å². The van der Waals surface area contributed by atoms with Gasteiger partial charge in [0.1, 0.15) is 36.5 Å². The highest BCUT2D eigenvalue weighted by Gasteiger charge is 2.48. The van der Waals surface area contributed by atoms with E-state index in [-0.39, 0.29) is 38.1 Å². The molecular weight excluding hydrogens is 710 g/mol. The molecule has 16 nitrogen and oxygen atoms in total. The monoisotopic (exact) mass is 769 g/mol. The van der Waals surface area contributed by atoms with E-state index in [4.69, 9.17) is 28.4 Å². The van der Waals surface area contributed by atoms with Crippen molar-refractivity contribution in [2.45, 2.75) is 134 Å². The molecule has 0 saturated carbocycles. The molecule has 54 heavy (non-hydrogen) atoms. The highest BCUT2D eigenvalue weighted by Crippen LogP contribution is 2.34. The van der Waals surface area contributed by atoms with E-state index in [0.717, 1.165) is 6.08 Å². The van der Waals surface area contributed by atoms with Crippen LogP contribution in [0.5, 0.6) is 0 Å². The summed E-state index contributed by atoms with van der Waals surface area (Å²) in [5, 5.41) is 54.5. The molecule has 0 amide bonds. The third-order valence-electron chi connectivity index (χ3n) is 10.5. The number of carbonyl (C=O) groups excluding carboxylic acids is 4. The minimum absolute atomic E-state index is 0.0795. The topological polar surface area (TPSA) is 228 Å². The molecule has 0 aromatic carbocycles. The largest absolute Gasteiger partial charge is 0.512 e. The molecule has 0 bridgehead atoms. The summed E-state index contributed by atoms with van der Waals surface area (Å²) in [6.45, 7) is 9.85. The van der Waals surface area contributed by atoms with Gasteiger partial charge in [0.2, 0.25) is 0 Å². The molecular formula is C38H59NO15. The Morgan fingerprint density at radius 2 is 1.56 bits per heavy atom. The Balaban J connectivity index is 1.99. The fraction of sp³-hybridized carbons (Fsp3) is 0.737. The van der Waals surface area contributed by atoms with Crippen LogP contribution in [0.1, 0.15) is 60.8 Å². The summed E-state index contributed by atoms with van der Waals surface area (Å²) in [4.78, 5) is 51.5. The van der Waals surface area contributed by atoms with Crippen molar-refractivity contribution in [2.75, 3.05) is 20.7 Å². The molecule has 3 aliphatic heterocycles. The Labute approximate surface area is 316 Å². The number of aldehydes is 1. The van der Waals surface area contributed by atoms with Crippen molar-refractivity contribution < 1.29 is 73.1 Å². The summed E-state index contributed by atoms with van der Waals surface area (Å²) in [5.41, 5.74) is 0.606. The number of hydrogen-bond acceptors (Lipinski definition) is 16. The summed E-state index contributed by atoms with van der Waals surface area (Å²) >= 11 is 0. The average molecular weight is 770 g/mol. The molecule has 5 N–H and O–H groups in total. The minimum Gasteiger partial charge on any atom is -0.512 e. The van der Waals surface area contributed by atoms with E-state index in [1.165, 1.54) is 13.0 Å². The van der Waals surface area contributed by atoms with Crippen molar-refractivity contribution in [1.82, 2.24) is 4.90 Å². The van der Waals surface area contributed by atoms with E-state index in [0.29, 0.717) is 11.9 Å². The highest BCUT2D eigenvalue weighted by atomic mass is 16.7. The standard InChI is InChI=1S/C38H59NO15/c1-9-28-25(17-49-37-34(48)36(50-18-41)32(46)23(6)51-37)14-19(2)10-11-26(42)20(3)15-24(12-13-40)35(21(4)27(43)16-29(44)53-28)54-38-33(47)30(39(7)8)31(45)22(5)52-38/h10-11,13-14,16,18,20-25,28,30-38,43,45-48H,9,12,15,17H2,1-8H3/b11-10+,19-14+,27-16-/t20-,21+,22-,23-,24+,25-,28-,30+,31-,32-,33-,34-,35-,36-,37-,38+/m1/s1. The minimum atomic E-state index is -1.54. The second-order valence-electron chi connectivity index (χ2n) is 14.8. The molecule has 306 valence electrons. The van der Waals surface area contributed by atoms with E-state index >= 15 is 0 Å². The molecule has 3 rings (SSSR count). The van der Waals surface area contributed by atoms with Crippen LogP contribution < -0.4 is 0 Å². The van der Waals surface area contributed by atoms with Gasteiger partial charge in [-0.1, -0.05) is 38.5 Å². The Hall–Kier alpha value is -3.06. The predicted octanol–water partition coefficient (Wildman–Crippen LogP) is 1.13. The first-order valence-corrected chi connectivity index (χ1v) is 18.5. The van der Waals surface area contributed by atoms with Crippen molar-refractivity contribution >= 4 is 24.5 Å². The van der Waals surface area contributed by atoms with Crippen LogP contribution in [0.25, 0.3) is 0 Å². The lowest BCUT2D eigenvalue weighted by atomic mass is 9.81. The maximum atomic E-state index is 13.5. The molecule has 16 heteroatoms. The maximum absolute atomic E-state index is 13.5. The smallest absolute Gasteiger partial charge is 0.334 e. The number of carbonyl (C=O) groups is 4. The highest BCUT2D eigenvalue weighted by molar-refractivity contribution is 5.91. The zero-order chi connectivity index (χ0) is 40.4. The number of cyclic esters (lactones) is 1. The Bertz CT molecular complexity index is 1350. The van der Waals surface area contributed by atoms with E-state index in [1.807, 2.05) is 0 Å². The number of allylic oxidation sites excluding steroid dienone is 3. The zero-order valence-electron chi connectivity index (χ0n) is 32.3. The predicted molar refractivity (Wildman–Crippen MR) is 191 cm³/mol. The number of aliphatic hydroxyl groups excluding tert-OH is 5. The molecule has 0 spiro atoms. The summed E-state index contributed by atoms with van der Waals surface area (Å²) in [6.07, 6.45) is -6.06. The number of ketones is 1.